The van der Waals surface area contributed by atoms with Gasteiger partial charge in [-0.3, -0.25) is 14.4 Å². The summed E-state index contributed by atoms with van der Waals surface area (Å²) in [5.74, 6) is 0.148. The number of amides is 2. The lowest BCUT2D eigenvalue weighted by Gasteiger charge is -2.48. The number of aryl methyl sites for hydroxylation is 2. The lowest BCUT2D eigenvalue weighted by Crippen LogP contribution is -2.55. The molecule has 2 amide bonds. The Hall–Kier alpha value is -2.18. The molecule has 0 bridgehead atoms. The smallest absolute Gasteiger partial charge is 0.267 e. The van der Waals surface area contributed by atoms with Crippen LogP contribution in [0.25, 0.3) is 0 Å². The van der Waals surface area contributed by atoms with Crippen LogP contribution in [0.1, 0.15) is 43.9 Å². The minimum Gasteiger partial charge on any atom is -0.342 e. The molecule has 7 heteroatoms. The first-order valence-electron chi connectivity index (χ1n) is 9.44. The molecule has 0 aliphatic carbocycles. The molecule has 0 saturated carbocycles. The van der Waals surface area contributed by atoms with Gasteiger partial charge in [-0.2, -0.15) is 5.10 Å². The number of aromatic nitrogens is 2. The summed E-state index contributed by atoms with van der Waals surface area (Å²) in [5, 5.41) is 4.25. The number of nitrogens with zero attached hydrogens (tertiary/aromatic N) is 4. The molecule has 1 unspecified atom stereocenters. The first kappa shape index (κ1) is 18.6. The van der Waals surface area contributed by atoms with E-state index in [4.69, 9.17) is 0 Å². The van der Waals surface area contributed by atoms with Crippen LogP contribution in [0.2, 0.25) is 0 Å². The van der Waals surface area contributed by atoms with Gasteiger partial charge >= 0.3 is 0 Å². The number of carbonyl (C=O) groups excluding carboxylic acids is 2. The summed E-state index contributed by atoms with van der Waals surface area (Å²) >= 11 is 0. The summed E-state index contributed by atoms with van der Waals surface area (Å²) < 4.78 is 1.26. The van der Waals surface area contributed by atoms with E-state index in [0.717, 1.165) is 43.6 Å². The summed E-state index contributed by atoms with van der Waals surface area (Å²) in [6.45, 7) is 8.48. The fraction of sp³-hybridized carbons (Fsp3) is 0.684. The van der Waals surface area contributed by atoms with Gasteiger partial charge in [0.2, 0.25) is 11.8 Å². The Morgan fingerprint density at radius 1 is 1.23 bits per heavy atom. The summed E-state index contributed by atoms with van der Waals surface area (Å²) in [4.78, 5) is 40.7. The standard InChI is InChI=1S/C19H28N4O3/c1-4-21-12-19(8-6-16(21)24)7-5-9-22(13-19)18(26)11-23-17(25)10-14(2)15(3)20-23/h10H,4-9,11-13H2,1-3H3. The quantitative estimate of drug-likeness (QED) is 0.809. The van der Waals surface area contributed by atoms with E-state index >= 15 is 0 Å². The largest absolute Gasteiger partial charge is 0.342 e. The van der Waals surface area contributed by atoms with Crippen molar-refractivity contribution in [2.45, 2.75) is 53.0 Å². The Balaban J connectivity index is 1.72. The van der Waals surface area contributed by atoms with Gasteiger partial charge in [-0.15, -0.1) is 0 Å². The number of hydrogen-bond donors (Lipinski definition) is 0. The molecule has 142 valence electrons. The molecule has 7 nitrogen and oxygen atoms in total. The van der Waals surface area contributed by atoms with Gasteiger partial charge in [-0.1, -0.05) is 0 Å². The Labute approximate surface area is 154 Å². The average Bonchev–Trinajstić information content (AvgIpc) is 2.62. The van der Waals surface area contributed by atoms with Crippen molar-refractivity contribution in [2.24, 2.45) is 5.41 Å². The molecule has 2 fully saturated rings. The minimum absolute atomic E-state index is 0.000583. The SMILES string of the molecule is CCN1CC2(CCCN(C(=O)Cn3nc(C)c(C)cc3=O)C2)CCC1=O. The maximum absolute atomic E-state index is 12.8. The number of hydrogen-bond acceptors (Lipinski definition) is 4. The van der Waals surface area contributed by atoms with Gasteiger partial charge in [0.25, 0.3) is 5.56 Å². The molecule has 2 aliphatic heterocycles. The lowest BCUT2D eigenvalue weighted by molar-refractivity contribution is -0.143. The Morgan fingerprint density at radius 3 is 2.73 bits per heavy atom. The summed E-state index contributed by atoms with van der Waals surface area (Å²) in [7, 11) is 0. The molecular weight excluding hydrogens is 332 g/mol. The first-order valence-corrected chi connectivity index (χ1v) is 9.44. The van der Waals surface area contributed by atoms with Gasteiger partial charge < -0.3 is 9.80 Å². The maximum atomic E-state index is 12.8. The highest BCUT2D eigenvalue weighted by Crippen LogP contribution is 2.38. The van der Waals surface area contributed by atoms with E-state index in [9.17, 15) is 14.4 Å². The molecule has 1 aromatic heterocycles. The fourth-order valence-corrected chi connectivity index (χ4v) is 4.16. The number of carbonyl (C=O) groups is 2. The zero-order chi connectivity index (χ0) is 18.9. The Kier molecular flexibility index (Phi) is 5.16. The molecule has 0 radical (unpaired) electrons. The molecular formula is C19H28N4O3. The van der Waals surface area contributed by atoms with Crippen LogP contribution in [0.4, 0.5) is 0 Å². The van der Waals surface area contributed by atoms with Crippen LogP contribution in [-0.4, -0.2) is 57.6 Å². The van der Waals surface area contributed by atoms with Gasteiger partial charge in [0, 0.05) is 44.1 Å². The van der Waals surface area contributed by atoms with E-state index < -0.39 is 0 Å². The molecule has 2 aliphatic rings. The normalized spacial score (nSPS) is 23.6. The molecule has 3 rings (SSSR count). The van der Waals surface area contributed by atoms with E-state index in [1.54, 1.807) is 0 Å². The van der Waals surface area contributed by atoms with Crippen molar-refractivity contribution in [1.29, 1.82) is 0 Å². The highest BCUT2D eigenvalue weighted by atomic mass is 16.2. The third-order valence-corrected chi connectivity index (χ3v) is 5.86. The second-order valence-electron chi connectivity index (χ2n) is 7.74. The molecule has 1 atom stereocenters. The van der Waals surface area contributed by atoms with Crippen LogP contribution < -0.4 is 5.56 Å². The number of rotatable bonds is 3. The van der Waals surface area contributed by atoms with E-state index in [-0.39, 0.29) is 29.3 Å². The fourth-order valence-electron chi connectivity index (χ4n) is 4.16. The molecule has 2 saturated heterocycles. The van der Waals surface area contributed by atoms with Gasteiger partial charge in [0.15, 0.2) is 0 Å². The van der Waals surface area contributed by atoms with Crippen LogP contribution in [0.3, 0.4) is 0 Å². The molecule has 0 aromatic carbocycles. The van der Waals surface area contributed by atoms with Crippen LogP contribution in [0.5, 0.6) is 0 Å². The maximum Gasteiger partial charge on any atom is 0.267 e. The molecule has 1 spiro atoms. The Bertz CT molecular complexity index is 773. The van der Waals surface area contributed by atoms with Crippen molar-refractivity contribution in [2.75, 3.05) is 26.2 Å². The van der Waals surface area contributed by atoms with Crippen molar-refractivity contribution in [1.82, 2.24) is 19.6 Å². The summed E-state index contributed by atoms with van der Waals surface area (Å²) in [6.07, 6.45) is 3.39. The van der Waals surface area contributed by atoms with Crippen molar-refractivity contribution in [3.05, 3.63) is 27.7 Å². The second kappa shape index (κ2) is 7.21. The predicted molar refractivity (Wildman–Crippen MR) is 97.7 cm³/mol. The van der Waals surface area contributed by atoms with E-state index in [2.05, 4.69) is 5.10 Å². The Morgan fingerprint density at radius 2 is 2.00 bits per heavy atom. The molecule has 1 aromatic rings. The predicted octanol–water partition coefficient (Wildman–Crippen LogP) is 1.11. The van der Waals surface area contributed by atoms with Gasteiger partial charge in [-0.25, -0.2) is 4.68 Å². The molecule has 3 heterocycles. The van der Waals surface area contributed by atoms with E-state index in [0.29, 0.717) is 19.5 Å². The van der Waals surface area contributed by atoms with Crippen molar-refractivity contribution < 1.29 is 9.59 Å². The molecule has 26 heavy (non-hydrogen) atoms. The number of piperidine rings is 2. The van der Waals surface area contributed by atoms with Crippen LogP contribution in [0.15, 0.2) is 10.9 Å². The topological polar surface area (TPSA) is 75.5 Å². The lowest BCUT2D eigenvalue weighted by atomic mass is 9.73. The monoisotopic (exact) mass is 360 g/mol. The number of likely N-dealkylation sites (tertiary alicyclic amines) is 2. The zero-order valence-electron chi connectivity index (χ0n) is 16.0. The van der Waals surface area contributed by atoms with Crippen molar-refractivity contribution in [3.63, 3.8) is 0 Å². The average molecular weight is 360 g/mol. The third-order valence-electron chi connectivity index (χ3n) is 5.86. The highest BCUT2D eigenvalue weighted by Gasteiger charge is 2.42. The zero-order valence-corrected chi connectivity index (χ0v) is 16.0. The van der Waals surface area contributed by atoms with Crippen LogP contribution in [0, 0.1) is 19.3 Å². The van der Waals surface area contributed by atoms with E-state index in [1.165, 1.54) is 10.7 Å². The van der Waals surface area contributed by atoms with Gasteiger partial charge in [-0.05, 0) is 45.6 Å². The van der Waals surface area contributed by atoms with Crippen molar-refractivity contribution >= 4 is 11.8 Å². The van der Waals surface area contributed by atoms with Crippen molar-refractivity contribution in [3.8, 4) is 0 Å². The molecule has 0 N–H and O–H groups in total. The van der Waals surface area contributed by atoms with E-state index in [1.807, 2.05) is 30.6 Å². The minimum atomic E-state index is -0.242. The van der Waals surface area contributed by atoms with Gasteiger partial charge in [0.1, 0.15) is 6.54 Å². The highest BCUT2D eigenvalue weighted by molar-refractivity contribution is 5.78. The first-order chi connectivity index (χ1) is 12.3. The summed E-state index contributed by atoms with van der Waals surface area (Å²) in [5.41, 5.74) is 1.35. The van der Waals surface area contributed by atoms with Crippen LogP contribution in [-0.2, 0) is 16.1 Å². The summed E-state index contributed by atoms with van der Waals surface area (Å²) in [6, 6.07) is 1.53. The third kappa shape index (κ3) is 3.66. The van der Waals surface area contributed by atoms with Gasteiger partial charge in [0.05, 0.1) is 5.69 Å². The second-order valence-corrected chi connectivity index (χ2v) is 7.74. The van der Waals surface area contributed by atoms with Crippen LogP contribution >= 0.6 is 0 Å².